The Hall–Kier alpha value is -2.68. The first kappa shape index (κ1) is 31.8. The van der Waals surface area contributed by atoms with Gasteiger partial charge in [0.1, 0.15) is 5.75 Å². The van der Waals surface area contributed by atoms with Crippen molar-refractivity contribution in [3.8, 4) is 5.75 Å². The highest BCUT2D eigenvalue weighted by molar-refractivity contribution is 5.98. The first-order valence-corrected chi connectivity index (χ1v) is 15.9. The molecule has 2 aliphatic rings. The average molecular weight is 545 g/mol. The van der Waals surface area contributed by atoms with Crippen LogP contribution in [0.15, 0.2) is 48.6 Å². The normalized spacial score (nSPS) is 23.1. The maximum absolute atomic E-state index is 13.2. The van der Waals surface area contributed by atoms with E-state index in [-0.39, 0.29) is 11.8 Å². The molecule has 2 aromatic carbocycles. The Morgan fingerprint density at radius 1 is 0.850 bits per heavy atom. The molecule has 3 nitrogen and oxygen atoms in total. The number of carbonyl (C=O) groups is 2. The van der Waals surface area contributed by atoms with E-state index in [1.165, 1.54) is 28.7 Å². The van der Waals surface area contributed by atoms with Crippen molar-refractivity contribution >= 4 is 11.6 Å². The maximum atomic E-state index is 13.2. The van der Waals surface area contributed by atoms with E-state index in [0.29, 0.717) is 23.4 Å². The third-order valence-corrected chi connectivity index (χ3v) is 9.22. The standard InChI is InChI=1S/C35H46O3.C2H6/c1-5-27-12-19-32(22-25(27)3)35(37)31-17-14-29(15-18-31)28-9-7-10-30(16-13-28)34(36)11-6-8-26-20-24(2)21-33(23-26)38-4;1-2/h6,11-12,19-23,28-31H,5,7-10,13-18H2,1-4H3;1-2H3/b11-6-;. The molecular formula is C37H52O3. The van der Waals surface area contributed by atoms with Crippen LogP contribution in [0.3, 0.4) is 0 Å². The smallest absolute Gasteiger partial charge is 0.165 e. The molecular weight excluding hydrogens is 492 g/mol. The van der Waals surface area contributed by atoms with Gasteiger partial charge < -0.3 is 4.74 Å². The van der Waals surface area contributed by atoms with Crippen LogP contribution < -0.4 is 4.74 Å². The summed E-state index contributed by atoms with van der Waals surface area (Å²) in [6.45, 7) is 10.4. The summed E-state index contributed by atoms with van der Waals surface area (Å²) >= 11 is 0. The van der Waals surface area contributed by atoms with E-state index in [9.17, 15) is 9.59 Å². The summed E-state index contributed by atoms with van der Waals surface area (Å²) < 4.78 is 5.37. The summed E-state index contributed by atoms with van der Waals surface area (Å²) in [5.74, 6) is 3.27. The monoisotopic (exact) mass is 544 g/mol. The van der Waals surface area contributed by atoms with Gasteiger partial charge in [-0.1, -0.05) is 57.9 Å². The van der Waals surface area contributed by atoms with E-state index in [1.807, 2.05) is 44.2 Å². The van der Waals surface area contributed by atoms with Crippen molar-refractivity contribution in [3.05, 3.63) is 76.4 Å². The van der Waals surface area contributed by atoms with Crippen molar-refractivity contribution in [2.24, 2.45) is 23.7 Å². The van der Waals surface area contributed by atoms with E-state index < -0.39 is 0 Å². The van der Waals surface area contributed by atoms with E-state index in [1.54, 1.807) is 7.11 Å². The summed E-state index contributed by atoms with van der Waals surface area (Å²) in [4.78, 5) is 26.2. The summed E-state index contributed by atoms with van der Waals surface area (Å²) in [6, 6.07) is 12.5. The van der Waals surface area contributed by atoms with Gasteiger partial charge in [0, 0.05) is 17.4 Å². The molecule has 2 atom stereocenters. The van der Waals surface area contributed by atoms with Crippen LogP contribution in [0.1, 0.15) is 111 Å². The average Bonchev–Trinajstić information content (AvgIpc) is 3.24. The van der Waals surface area contributed by atoms with Gasteiger partial charge >= 0.3 is 0 Å². The van der Waals surface area contributed by atoms with Crippen molar-refractivity contribution in [1.82, 2.24) is 0 Å². The molecule has 0 N–H and O–H groups in total. The lowest BCUT2D eigenvalue weighted by Gasteiger charge is -2.33. The van der Waals surface area contributed by atoms with Crippen LogP contribution in [0, 0.1) is 37.5 Å². The SMILES string of the molecule is CC.CCc1ccc(C(=O)C2CCC(C3CCCC(C(=O)/C=C\Cc4cc(C)cc(OC)c4)CC3)CC2)cc1C. The number of hydrogen-bond donors (Lipinski definition) is 0. The molecule has 0 aliphatic heterocycles. The molecule has 2 fully saturated rings. The number of hydrogen-bond acceptors (Lipinski definition) is 3. The van der Waals surface area contributed by atoms with Gasteiger partial charge in [-0.3, -0.25) is 9.59 Å². The largest absolute Gasteiger partial charge is 0.497 e. The fourth-order valence-corrected chi connectivity index (χ4v) is 6.93. The predicted octanol–water partition coefficient (Wildman–Crippen LogP) is 9.45. The second-order valence-electron chi connectivity index (χ2n) is 11.8. The van der Waals surface area contributed by atoms with Gasteiger partial charge in [-0.25, -0.2) is 0 Å². The van der Waals surface area contributed by atoms with Crippen molar-refractivity contribution in [2.75, 3.05) is 7.11 Å². The molecule has 2 aliphatic carbocycles. The molecule has 0 saturated heterocycles. The Labute approximate surface area is 243 Å². The maximum Gasteiger partial charge on any atom is 0.165 e. The fourth-order valence-electron chi connectivity index (χ4n) is 6.93. The fraction of sp³-hybridized carbons (Fsp3) is 0.568. The van der Waals surface area contributed by atoms with Crippen LogP contribution in [-0.2, 0) is 17.6 Å². The highest BCUT2D eigenvalue weighted by Gasteiger charge is 2.33. The molecule has 0 radical (unpaired) electrons. The lowest BCUT2D eigenvalue weighted by Crippen LogP contribution is -2.26. The molecule has 2 unspecified atom stereocenters. The van der Waals surface area contributed by atoms with Gasteiger partial charge in [0.05, 0.1) is 7.11 Å². The third-order valence-electron chi connectivity index (χ3n) is 9.22. The number of rotatable bonds is 9. The molecule has 0 bridgehead atoms. The number of aryl methyl sites for hydroxylation is 3. The molecule has 0 amide bonds. The number of Topliss-reactive ketones (excluding diaryl/α,β-unsaturated/α-hetero) is 1. The quantitative estimate of drug-likeness (QED) is 0.179. The number of ether oxygens (including phenoxy) is 1. The lowest BCUT2D eigenvalue weighted by atomic mass is 9.72. The number of ketones is 2. The van der Waals surface area contributed by atoms with Crippen molar-refractivity contribution in [1.29, 1.82) is 0 Å². The first-order valence-electron chi connectivity index (χ1n) is 15.9. The molecule has 0 aromatic heterocycles. The Balaban J connectivity index is 0.00000216. The molecule has 4 rings (SSSR count). The van der Waals surface area contributed by atoms with Crippen molar-refractivity contribution in [3.63, 3.8) is 0 Å². The predicted molar refractivity (Wildman–Crippen MR) is 167 cm³/mol. The van der Waals surface area contributed by atoms with Crippen LogP contribution in [0.2, 0.25) is 0 Å². The molecule has 40 heavy (non-hydrogen) atoms. The Kier molecular flexibility index (Phi) is 12.7. The Bertz CT molecular complexity index is 1140. The van der Waals surface area contributed by atoms with Crippen LogP contribution in [0.5, 0.6) is 5.75 Å². The van der Waals surface area contributed by atoms with Gasteiger partial charge in [-0.15, -0.1) is 0 Å². The zero-order valence-corrected chi connectivity index (χ0v) is 25.9. The number of carbonyl (C=O) groups excluding carboxylic acids is 2. The molecule has 218 valence electrons. The molecule has 2 aromatic rings. The zero-order chi connectivity index (χ0) is 29.1. The number of allylic oxidation sites excluding steroid dienone is 2. The van der Waals surface area contributed by atoms with Crippen LogP contribution in [0.25, 0.3) is 0 Å². The minimum Gasteiger partial charge on any atom is -0.497 e. The minimum absolute atomic E-state index is 0.163. The second kappa shape index (κ2) is 15.9. The molecule has 3 heteroatoms. The first-order chi connectivity index (χ1) is 19.4. The minimum atomic E-state index is 0.163. The summed E-state index contributed by atoms with van der Waals surface area (Å²) in [5, 5.41) is 0. The van der Waals surface area contributed by atoms with Crippen molar-refractivity contribution in [2.45, 2.75) is 105 Å². The van der Waals surface area contributed by atoms with Gasteiger partial charge in [-0.2, -0.15) is 0 Å². The summed E-state index contributed by atoms with van der Waals surface area (Å²) in [5.41, 5.74) is 5.81. The second-order valence-corrected chi connectivity index (χ2v) is 11.8. The van der Waals surface area contributed by atoms with Crippen LogP contribution in [0.4, 0.5) is 0 Å². The zero-order valence-electron chi connectivity index (χ0n) is 25.9. The number of methoxy groups -OCH3 is 1. The van der Waals surface area contributed by atoms with Gasteiger partial charge in [0.15, 0.2) is 11.6 Å². The van der Waals surface area contributed by atoms with Crippen LogP contribution >= 0.6 is 0 Å². The summed E-state index contributed by atoms with van der Waals surface area (Å²) in [6.07, 6.45) is 15.5. The van der Waals surface area contributed by atoms with Gasteiger partial charge in [-0.05, 0) is 130 Å². The van der Waals surface area contributed by atoms with E-state index >= 15 is 0 Å². The van der Waals surface area contributed by atoms with Crippen LogP contribution in [-0.4, -0.2) is 18.7 Å². The topological polar surface area (TPSA) is 43.4 Å². The highest BCUT2D eigenvalue weighted by atomic mass is 16.5. The summed E-state index contributed by atoms with van der Waals surface area (Å²) in [7, 11) is 1.69. The molecule has 0 heterocycles. The molecule has 2 saturated carbocycles. The van der Waals surface area contributed by atoms with E-state index in [2.05, 4.69) is 39.0 Å². The Morgan fingerprint density at radius 3 is 2.17 bits per heavy atom. The Morgan fingerprint density at radius 2 is 1.52 bits per heavy atom. The van der Waals surface area contributed by atoms with Crippen molar-refractivity contribution < 1.29 is 14.3 Å². The highest BCUT2D eigenvalue weighted by Crippen LogP contribution is 2.41. The number of benzene rings is 2. The molecule has 0 spiro atoms. The van der Waals surface area contributed by atoms with Gasteiger partial charge in [0.2, 0.25) is 0 Å². The lowest BCUT2D eigenvalue weighted by molar-refractivity contribution is -0.118. The van der Waals surface area contributed by atoms with E-state index in [4.69, 9.17) is 4.74 Å². The third kappa shape index (κ3) is 8.66. The van der Waals surface area contributed by atoms with E-state index in [0.717, 1.165) is 75.5 Å². The van der Waals surface area contributed by atoms with Gasteiger partial charge in [0.25, 0.3) is 0 Å².